The minimum atomic E-state index is 0.266. The molecule has 122 valence electrons. The van der Waals surface area contributed by atoms with E-state index in [1.807, 2.05) is 6.07 Å². The zero-order chi connectivity index (χ0) is 15.9. The van der Waals surface area contributed by atoms with Gasteiger partial charge in [-0.3, -0.25) is 9.80 Å². The maximum atomic E-state index is 5.43. The monoisotopic (exact) mass is 305 g/mol. The van der Waals surface area contributed by atoms with E-state index in [2.05, 4.69) is 41.6 Å². The first kappa shape index (κ1) is 15.6. The first-order valence-corrected chi connectivity index (χ1v) is 8.01. The van der Waals surface area contributed by atoms with Crippen molar-refractivity contribution in [3.63, 3.8) is 0 Å². The summed E-state index contributed by atoms with van der Waals surface area (Å²) in [6.45, 7) is 10.1. The van der Waals surface area contributed by atoms with E-state index in [1.165, 1.54) is 6.42 Å². The number of hydrogen-bond acceptors (Lipinski definition) is 5. The summed E-state index contributed by atoms with van der Waals surface area (Å²) in [6, 6.07) is 5.30. The Kier molecular flexibility index (Phi) is 4.03. The Morgan fingerprint density at radius 1 is 1.14 bits per heavy atom. The average Bonchev–Trinajstić information content (AvgIpc) is 2.51. The number of likely N-dealkylation sites (tertiary alicyclic amines) is 2. The molecule has 0 aromatic carbocycles. The van der Waals surface area contributed by atoms with Crippen molar-refractivity contribution >= 4 is 0 Å². The highest BCUT2D eigenvalue weighted by molar-refractivity contribution is 5.31. The number of piperazine rings is 1. The van der Waals surface area contributed by atoms with Crippen LogP contribution in [-0.4, -0.2) is 59.7 Å². The molecule has 2 saturated heterocycles. The highest BCUT2D eigenvalue weighted by Gasteiger charge is 2.46. The molecule has 5 heteroatoms. The van der Waals surface area contributed by atoms with Crippen LogP contribution in [0.25, 0.3) is 0 Å². The SMILES string of the molecule is COc1ccc(CN2C3CC2CN(C(C)(C)C)C3)c(OC)n1. The van der Waals surface area contributed by atoms with Crippen LogP contribution in [0.5, 0.6) is 11.8 Å². The normalized spacial score (nSPS) is 25.7. The first-order valence-electron chi connectivity index (χ1n) is 8.01. The van der Waals surface area contributed by atoms with Gasteiger partial charge in [-0.2, -0.15) is 4.98 Å². The molecule has 22 heavy (non-hydrogen) atoms. The number of hydrogen-bond donors (Lipinski definition) is 0. The number of piperidine rings is 1. The molecule has 1 aromatic rings. The van der Waals surface area contributed by atoms with Crippen molar-refractivity contribution in [2.75, 3.05) is 27.3 Å². The van der Waals surface area contributed by atoms with Gasteiger partial charge in [-0.25, -0.2) is 0 Å². The lowest BCUT2D eigenvalue weighted by Crippen LogP contribution is -2.70. The number of pyridine rings is 1. The van der Waals surface area contributed by atoms with Crippen LogP contribution in [0.15, 0.2) is 12.1 Å². The van der Waals surface area contributed by atoms with Gasteiger partial charge in [0.15, 0.2) is 0 Å². The molecule has 5 nitrogen and oxygen atoms in total. The van der Waals surface area contributed by atoms with Crippen LogP contribution >= 0.6 is 0 Å². The number of fused-ring (bicyclic) bond motifs is 2. The molecule has 2 unspecified atom stereocenters. The van der Waals surface area contributed by atoms with Crippen molar-refractivity contribution in [2.24, 2.45) is 0 Å². The number of methoxy groups -OCH3 is 2. The summed E-state index contributed by atoms with van der Waals surface area (Å²) in [5.41, 5.74) is 1.41. The van der Waals surface area contributed by atoms with Gasteiger partial charge >= 0.3 is 0 Å². The zero-order valence-electron chi connectivity index (χ0n) is 14.3. The summed E-state index contributed by atoms with van der Waals surface area (Å²) in [5.74, 6) is 1.28. The van der Waals surface area contributed by atoms with Crippen LogP contribution < -0.4 is 9.47 Å². The minimum Gasteiger partial charge on any atom is -0.481 e. The van der Waals surface area contributed by atoms with E-state index >= 15 is 0 Å². The van der Waals surface area contributed by atoms with E-state index in [0.29, 0.717) is 23.8 Å². The standard InChI is InChI=1S/C17H27N3O2/c1-17(2,3)19-10-13-8-14(11-19)20(13)9-12-6-7-15(21-4)18-16(12)22-5/h6-7,13-14H,8-11H2,1-5H3. The highest BCUT2D eigenvalue weighted by atomic mass is 16.5. The molecule has 0 spiro atoms. The molecular weight excluding hydrogens is 278 g/mol. The fourth-order valence-electron chi connectivity index (χ4n) is 3.55. The minimum absolute atomic E-state index is 0.266. The van der Waals surface area contributed by atoms with Gasteiger partial charge in [-0.05, 0) is 33.3 Å². The molecule has 2 aliphatic rings. The maximum Gasteiger partial charge on any atom is 0.220 e. The van der Waals surface area contributed by atoms with E-state index in [-0.39, 0.29) is 5.54 Å². The largest absolute Gasteiger partial charge is 0.481 e. The number of rotatable bonds is 4. The van der Waals surface area contributed by atoms with Crippen molar-refractivity contribution in [1.29, 1.82) is 0 Å². The highest BCUT2D eigenvalue weighted by Crippen LogP contribution is 2.37. The van der Waals surface area contributed by atoms with Gasteiger partial charge in [-0.1, -0.05) is 0 Å². The Labute approximate surface area is 133 Å². The molecule has 0 saturated carbocycles. The summed E-state index contributed by atoms with van der Waals surface area (Å²) in [5, 5.41) is 0. The molecule has 2 fully saturated rings. The maximum absolute atomic E-state index is 5.43. The van der Waals surface area contributed by atoms with Gasteiger partial charge in [0, 0.05) is 48.9 Å². The van der Waals surface area contributed by atoms with Gasteiger partial charge < -0.3 is 9.47 Å². The summed E-state index contributed by atoms with van der Waals surface area (Å²) in [7, 11) is 3.30. The van der Waals surface area contributed by atoms with Crippen LogP contribution in [0.2, 0.25) is 0 Å². The second kappa shape index (κ2) is 5.70. The molecular formula is C17H27N3O2. The van der Waals surface area contributed by atoms with Crippen molar-refractivity contribution in [2.45, 2.75) is 51.4 Å². The predicted molar refractivity (Wildman–Crippen MR) is 86.4 cm³/mol. The van der Waals surface area contributed by atoms with Crippen LogP contribution in [0.1, 0.15) is 32.8 Å². The summed E-state index contributed by atoms with van der Waals surface area (Å²) < 4.78 is 10.6. The fourth-order valence-corrected chi connectivity index (χ4v) is 3.55. The van der Waals surface area contributed by atoms with Gasteiger partial charge in [0.05, 0.1) is 14.2 Å². The Bertz CT molecular complexity index is 529. The first-order chi connectivity index (χ1) is 10.4. The van der Waals surface area contributed by atoms with Gasteiger partial charge in [0.25, 0.3) is 0 Å². The third-order valence-electron chi connectivity index (χ3n) is 4.96. The molecule has 2 atom stereocenters. The lowest BCUT2D eigenvalue weighted by atomic mass is 9.84. The number of nitrogens with zero attached hydrogens (tertiary/aromatic N) is 3. The average molecular weight is 305 g/mol. The van der Waals surface area contributed by atoms with E-state index in [4.69, 9.17) is 9.47 Å². The van der Waals surface area contributed by atoms with Gasteiger partial charge in [0.1, 0.15) is 0 Å². The Morgan fingerprint density at radius 2 is 1.82 bits per heavy atom. The van der Waals surface area contributed by atoms with Crippen molar-refractivity contribution in [1.82, 2.24) is 14.8 Å². The van der Waals surface area contributed by atoms with E-state index < -0.39 is 0 Å². The second-order valence-electron chi connectivity index (χ2n) is 7.31. The van der Waals surface area contributed by atoms with Gasteiger partial charge in [-0.15, -0.1) is 0 Å². The summed E-state index contributed by atoms with van der Waals surface area (Å²) in [6.07, 6.45) is 1.32. The Hall–Kier alpha value is -1.33. The molecule has 3 rings (SSSR count). The second-order valence-corrected chi connectivity index (χ2v) is 7.31. The Balaban J connectivity index is 1.69. The molecule has 0 radical (unpaired) electrons. The molecule has 0 N–H and O–H groups in total. The van der Waals surface area contributed by atoms with E-state index in [9.17, 15) is 0 Å². The molecule has 1 aromatic heterocycles. The lowest BCUT2D eigenvalue weighted by molar-refractivity contribution is -0.0999. The van der Waals surface area contributed by atoms with Crippen molar-refractivity contribution in [3.05, 3.63) is 17.7 Å². The van der Waals surface area contributed by atoms with Crippen molar-refractivity contribution < 1.29 is 9.47 Å². The third kappa shape index (κ3) is 2.79. The molecule has 2 aliphatic heterocycles. The topological polar surface area (TPSA) is 37.8 Å². The van der Waals surface area contributed by atoms with Crippen LogP contribution in [0.3, 0.4) is 0 Å². The fraction of sp³-hybridized carbons (Fsp3) is 0.706. The summed E-state index contributed by atoms with van der Waals surface area (Å²) in [4.78, 5) is 9.58. The molecule has 3 heterocycles. The summed E-state index contributed by atoms with van der Waals surface area (Å²) >= 11 is 0. The quantitative estimate of drug-likeness (QED) is 0.852. The van der Waals surface area contributed by atoms with E-state index in [1.54, 1.807) is 14.2 Å². The molecule has 2 bridgehead atoms. The van der Waals surface area contributed by atoms with Crippen molar-refractivity contribution in [3.8, 4) is 11.8 Å². The van der Waals surface area contributed by atoms with Crippen LogP contribution in [0.4, 0.5) is 0 Å². The molecule has 0 aliphatic carbocycles. The van der Waals surface area contributed by atoms with E-state index in [0.717, 1.165) is 25.2 Å². The number of aromatic nitrogens is 1. The van der Waals surface area contributed by atoms with Gasteiger partial charge in [0.2, 0.25) is 11.8 Å². The van der Waals surface area contributed by atoms with Crippen LogP contribution in [-0.2, 0) is 6.54 Å². The molecule has 0 amide bonds. The Morgan fingerprint density at radius 3 is 2.36 bits per heavy atom. The smallest absolute Gasteiger partial charge is 0.220 e. The lowest BCUT2D eigenvalue weighted by Gasteiger charge is -2.59. The third-order valence-corrected chi connectivity index (χ3v) is 4.96. The van der Waals surface area contributed by atoms with Crippen LogP contribution in [0, 0.1) is 0 Å². The zero-order valence-corrected chi connectivity index (χ0v) is 14.3. The predicted octanol–water partition coefficient (Wildman–Crippen LogP) is 2.16. The number of ether oxygens (including phenoxy) is 2.